The Morgan fingerprint density at radius 1 is 1.50 bits per heavy atom. The van der Waals surface area contributed by atoms with Crippen molar-refractivity contribution >= 4 is 23.8 Å². The number of nitrogens with one attached hydrogen (secondary N) is 2. The van der Waals surface area contributed by atoms with E-state index < -0.39 is 29.0 Å². The number of carboxylic acid groups (broad SMARTS) is 1. The van der Waals surface area contributed by atoms with Crippen LogP contribution in [0.15, 0.2) is 0 Å². The predicted molar refractivity (Wildman–Crippen MR) is 65.4 cm³/mol. The lowest BCUT2D eigenvalue weighted by Gasteiger charge is -2.25. The van der Waals surface area contributed by atoms with Crippen molar-refractivity contribution < 1.29 is 32.6 Å². The highest BCUT2D eigenvalue weighted by molar-refractivity contribution is 8.00. The van der Waals surface area contributed by atoms with Crippen LogP contribution in [-0.4, -0.2) is 54.2 Å². The molecule has 1 saturated heterocycles. The number of aliphatic carboxylic acids is 1. The van der Waals surface area contributed by atoms with Gasteiger partial charge in [-0.25, -0.2) is 4.79 Å². The molecule has 1 rings (SSSR count). The largest absolute Gasteiger partial charge is 0.481 e. The number of hydrogen-bond acceptors (Lipinski definition) is 4. The topological polar surface area (TPSA) is 87.7 Å². The van der Waals surface area contributed by atoms with E-state index in [2.05, 4.69) is 10.6 Å². The third-order valence-electron chi connectivity index (χ3n) is 2.90. The highest BCUT2D eigenvalue weighted by Crippen LogP contribution is 2.30. The molecule has 1 aliphatic heterocycles. The Kier molecular flexibility index (Phi) is 5.51. The molecule has 3 N–H and O–H groups in total. The second-order valence-corrected chi connectivity index (χ2v) is 5.64. The maximum atomic E-state index is 11.9. The smallest absolute Gasteiger partial charge is 0.441 e. The number of carbonyl (C=O) groups excluding carboxylic acids is 1. The first-order valence-electron chi connectivity index (χ1n) is 5.71. The minimum absolute atomic E-state index is 0.0306. The standard InChI is InChI=1S/C10H15F3N2O4S/c1-9(7(16)17)5-19-4-6(9)15-8(18)14-2-3-20-10(11,12)13/h6H,2-5H2,1H3,(H,16,17)(H2,14,15,18). The average Bonchev–Trinajstić information content (AvgIpc) is 2.67. The van der Waals surface area contributed by atoms with Gasteiger partial charge in [0.2, 0.25) is 0 Å². The molecule has 2 amide bonds. The molecular formula is C10H15F3N2O4S. The van der Waals surface area contributed by atoms with Gasteiger partial charge in [-0.05, 0) is 18.7 Å². The average molecular weight is 316 g/mol. The van der Waals surface area contributed by atoms with Gasteiger partial charge < -0.3 is 20.5 Å². The number of rotatable bonds is 5. The molecule has 1 heterocycles. The van der Waals surface area contributed by atoms with Crippen LogP contribution < -0.4 is 10.6 Å². The van der Waals surface area contributed by atoms with Gasteiger partial charge in [0.25, 0.3) is 0 Å². The molecule has 1 fully saturated rings. The van der Waals surface area contributed by atoms with Crippen LogP contribution in [0.25, 0.3) is 0 Å². The fourth-order valence-corrected chi connectivity index (χ4v) is 2.06. The Morgan fingerprint density at radius 2 is 2.15 bits per heavy atom. The maximum Gasteiger partial charge on any atom is 0.441 e. The quantitative estimate of drug-likeness (QED) is 0.659. The summed E-state index contributed by atoms with van der Waals surface area (Å²) >= 11 is -0.238. The molecule has 0 radical (unpaired) electrons. The van der Waals surface area contributed by atoms with Gasteiger partial charge in [-0.3, -0.25) is 4.79 Å². The molecule has 0 spiro atoms. The monoisotopic (exact) mass is 316 g/mol. The molecule has 2 atom stereocenters. The summed E-state index contributed by atoms with van der Waals surface area (Å²) in [5.41, 5.74) is -5.57. The van der Waals surface area contributed by atoms with Gasteiger partial charge in [0.05, 0.1) is 19.3 Å². The van der Waals surface area contributed by atoms with Gasteiger partial charge in [-0.15, -0.1) is 0 Å². The van der Waals surface area contributed by atoms with Gasteiger partial charge in [0, 0.05) is 12.3 Å². The van der Waals surface area contributed by atoms with Crippen molar-refractivity contribution in [3.05, 3.63) is 0 Å². The first kappa shape index (κ1) is 16.9. The van der Waals surface area contributed by atoms with Crippen molar-refractivity contribution in [2.24, 2.45) is 5.41 Å². The van der Waals surface area contributed by atoms with Crippen molar-refractivity contribution in [2.45, 2.75) is 18.5 Å². The number of carbonyl (C=O) groups is 2. The van der Waals surface area contributed by atoms with Gasteiger partial charge >= 0.3 is 17.5 Å². The first-order chi connectivity index (χ1) is 9.15. The number of carboxylic acids is 1. The maximum absolute atomic E-state index is 11.9. The van der Waals surface area contributed by atoms with Crippen LogP contribution in [-0.2, 0) is 9.53 Å². The molecule has 116 valence electrons. The van der Waals surface area contributed by atoms with Gasteiger partial charge in [-0.1, -0.05) is 0 Å². The van der Waals surface area contributed by atoms with Crippen LogP contribution in [0.2, 0.25) is 0 Å². The molecule has 0 saturated carbocycles. The number of alkyl halides is 3. The molecule has 20 heavy (non-hydrogen) atoms. The lowest BCUT2D eigenvalue weighted by molar-refractivity contribution is -0.148. The summed E-state index contributed by atoms with van der Waals surface area (Å²) in [5.74, 6) is -1.41. The summed E-state index contributed by atoms with van der Waals surface area (Å²) in [5, 5.41) is 13.7. The fraction of sp³-hybridized carbons (Fsp3) is 0.800. The van der Waals surface area contributed by atoms with Gasteiger partial charge in [-0.2, -0.15) is 13.2 Å². The normalized spacial score (nSPS) is 26.3. The lowest BCUT2D eigenvalue weighted by Crippen LogP contribution is -2.52. The number of ether oxygens (including phenoxy) is 1. The zero-order valence-corrected chi connectivity index (χ0v) is 11.4. The van der Waals surface area contributed by atoms with E-state index in [1.807, 2.05) is 0 Å². The number of amides is 2. The zero-order chi connectivity index (χ0) is 15.4. The first-order valence-corrected chi connectivity index (χ1v) is 6.70. The van der Waals surface area contributed by atoms with Crippen LogP contribution in [0.1, 0.15) is 6.92 Å². The highest BCUT2D eigenvalue weighted by Gasteiger charge is 2.47. The molecule has 0 aromatic rings. The zero-order valence-electron chi connectivity index (χ0n) is 10.6. The van der Waals surface area contributed by atoms with E-state index in [1.54, 1.807) is 0 Å². The van der Waals surface area contributed by atoms with Crippen molar-refractivity contribution in [2.75, 3.05) is 25.5 Å². The molecule has 10 heteroatoms. The fourth-order valence-electron chi connectivity index (χ4n) is 1.63. The second kappa shape index (κ2) is 6.53. The Balaban J connectivity index is 2.34. The molecule has 1 aliphatic rings. The van der Waals surface area contributed by atoms with E-state index in [-0.39, 0.29) is 37.3 Å². The molecule has 0 aromatic carbocycles. The highest BCUT2D eigenvalue weighted by atomic mass is 32.2. The Labute approximate surface area is 117 Å². The van der Waals surface area contributed by atoms with Crippen LogP contribution in [0, 0.1) is 5.41 Å². The van der Waals surface area contributed by atoms with E-state index in [1.165, 1.54) is 6.92 Å². The molecule has 2 unspecified atom stereocenters. The third kappa shape index (κ3) is 4.75. The number of hydrogen-bond donors (Lipinski definition) is 3. The molecule has 0 aromatic heterocycles. The van der Waals surface area contributed by atoms with Crippen molar-refractivity contribution in [3.63, 3.8) is 0 Å². The Hall–Kier alpha value is -1.16. The lowest BCUT2D eigenvalue weighted by atomic mass is 9.85. The number of halogens is 3. The van der Waals surface area contributed by atoms with Crippen LogP contribution in [0.4, 0.5) is 18.0 Å². The SMILES string of the molecule is CC1(C(=O)O)COCC1NC(=O)NCCSC(F)(F)F. The summed E-state index contributed by atoms with van der Waals surface area (Å²) in [6, 6.07) is -1.44. The van der Waals surface area contributed by atoms with E-state index in [0.717, 1.165) is 0 Å². The van der Waals surface area contributed by atoms with E-state index >= 15 is 0 Å². The predicted octanol–water partition coefficient (Wildman–Crippen LogP) is 1.03. The Morgan fingerprint density at radius 3 is 2.70 bits per heavy atom. The number of urea groups is 1. The minimum atomic E-state index is -4.33. The molecule has 0 bridgehead atoms. The van der Waals surface area contributed by atoms with E-state index in [9.17, 15) is 22.8 Å². The minimum Gasteiger partial charge on any atom is -0.481 e. The summed E-state index contributed by atoms with van der Waals surface area (Å²) in [7, 11) is 0. The molecular weight excluding hydrogens is 301 g/mol. The summed E-state index contributed by atoms with van der Waals surface area (Å²) in [6.07, 6.45) is 0. The third-order valence-corrected chi connectivity index (χ3v) is 3.64. The van der Waals surface area contributed by atoms with E-state index in [0.29, 0.717) is 0 Å². The summed E-state index contributed by atoms with van der Waals surface area (Å²) < 4.78 is 40.6. The van der Waals surface area contributed by atoms with Crippen molar-refractivity contribution in [1.82, 2.24) is 10.6 Å². The van der Waals surface area contributed by atoms with Crippen LogP contribution in [0.3, 0.4) is 0 Å². The Bertz CT molecular complexity index is 380. The van der Waals surface area contributed by atoms with Crippen molar-refractivity contribution in [1.29, 1.82) is 0 Å². The van der Waals surface area contributed by atoms with Crippen LogP contribution in [0.5, 0.6) is 0 Å². The molecule has 0 aliphatic carbocycles. The summed E-state index contributed by atoms with van der Waals surface area (Å²) in [4.78, 5) is 22.6. The van der Waals surface area contributed by atoms with Crippen molar-refractivity contribution in [3.8, 4) is 0 Å². The van der Waals surface area contributed by atoms with E-state index in [4.69, 9.17) is 9.84 Å². The van der Waals surface area contributed by atoms with Gasteiger partial charge in [0.15, 0.2) is 0 Å². The number of thioether (sulfide) groups is 1. The second-order valence-electron chi connectivity index (χ2n) is 4.48. The summed E-state index contributed by atoms with van der Waals surface area (Å²) in [6.45, 7) is 1.28. The van der Waals surface area contributed by atoms with Crippen LogP contribution >= 0.6 is 11.8 Å². The molecule has 6 nitrogen and oxygen atoms in total. The van der Waals surface area contributed by atoms with Gasteiger partial charge in [0.1, 0.15) is 5.41 Å².